The van der Waals surface area contributed by atoms with Crippen LogP contribution < -0.4 is 10.5 Å². The second-order valence-corrected chi connectivity index (χ2v) is 5.18. The number of carbonyl (C=O) groups excluding carboxylic acids is 1. The number of aromatic hydroxyl groups is 1. The van der Waals surface area contributed by atoms with Crippen molar-refractivity contribution in [2.75, 3.05) is 19.8 Å². The number of benzene rings is 1. The number of nitrogens with zero attached hydrogens (tertiary/aromatic N) is 2. The first-order valence-corrected chi connectivity index (χ1v) is 7.26. The minimum Gasteiger partial charge on any atom is -0.504 e. The molecular weight excluding hydrogens is 298 g/mol. The topological polar surface area (TPSA) is 106 Å². The molecule has 7 heteroatoms. The molecule has 0 saturated heterocycles. The van der Waals surface area contributed by atoms with Gasteiger partial charge >= 0.3 is 5.97 Å². The lowest BCUT2D eigenvalue weighted by atomic mass is 10.1. The number of carbonyl (C=O) groups is 1. The van der Waals surface area contributed by atoms with E-state index >= 15 is 0 Å². The predicted molar refractivity (Wildman–Crippen MR) is 83.0 cm³/mol. The van der Waals surface area contributed by atoms with Crippen LogP contribution in [0, 0.1) is 12.3 Å². The van der Waals surface area contributed by atoms with Crippen molar-refractivity contribution in [2.24, 2.45) is 16.0 Å². The van der Waals surface area contributed by atoms with Crippen LogP contribution in [-0.4, -0.2) is 36.5 Å². The molecule has 0 radical (unpaired) electrons. The highest BCUT2D eigenvalue weighted by atomic mass is 16.5. The standard InChI is InChI=1S/C16H19N3O4/c1-2-3-4-15(21)23-11-16(18-19-16)10-22-14-9-12(7-8-17)5-6-13(14)20/h1,5-6,9,20H,3-4,7-8,10-11,17H2. The van der Waals surface area contributed by atoms with Gasteiger partial charge in [0.25, 0.3) is 5.66 Å². The van der Waals surface area contributed by atoms with Gasteiger partial charge in [0, 0.05) is 6.42 Å². The Morgan fingerprint density at radius 3 is 2.83 bits per heavy atom. The van der Waals surface area contributed by atoms with Gasteiger partial charge in [0.15, 0.2) is 11.5 Å². The van der Waals surface area contributed by atoms with Crippen LogP contribution in [0.2, 0.25) is 0 Å². The normalized spacial score (nSPS) is 14.1. The van der Waals surface area contributed by atoms with E-state index in [1.54, 1.807) is 18.2 Å². The lowest BCUT2D eigenvalue weighted by Gasteiger charge is -2.14. The molecule has 0 amide bonds. The molecule has 1 aliphatic rings. The molecule has 23 heavy (non-hydrogen) atoms. The molecule has 1 aliphatic heterocycles. The Balaban J connectivity index is 1.84. The molecule has 122 valence electrons. The summed E-state index contributed by atoms with van der Waals surface area (Å²) in [6.45, 7) is 0.584. The van der Waals surface area contributed by atoms with Crippen molar-refractivity contribution in [1.29, 1.82) is 0 Å². The Labute approximate surface area is 134 Å². The summed E-state index contributed by atoms with van der Waals surface area (Å²) < 4.78 is 10.6. The van der Waals surface area contributed by atoms with Crippen LogP contribution >= 0.6 is 0 Å². The fourth-order valence-electron chi connectivity index (χ4n) is 1.86. The monoisotopic (exact) mass is 317 g/mol. The summed E-state index contributed by atoms with van der Waals surface area (Å²) in [5.74, 6) is 2.32. The molecule has 7 nitrogen and oxygen atoms in total. The van der Waals surface area contributed by atoms with Gasteiger partial charge in [-0.3, -0.25) is 4.79 Å². The summed E-state index contributed by atoms with van der Waals surface area (Å²) >= 11 is 0. The van der Waals surface area contributed by atoms with Gasteiger partial charge in [-0.1, -0.05) is 6.07 Å². The Bertz CT molecular complexity index is 631. The smallest absolute Gasteiger partial charge is 0.306 e. The Morgan fingerprint density at radius 2 is 2.17 bits per heavy atom. The molecule has 1 aromatic rings. The Kier molecular flexibility index (Phi) is 5.55. The van der Waals surface area contributed by atoms with E-state index in [4.69, 9.17) is 21.6 Å². The van der Waals surface area contributed by atoms with Crippen molar-refractivity contribution in [3.8, 4) is 23.8 Å². The number of phenols is 1. The minimum absolute atomic E-state index is 0.000340. The summed E-state index contributed by atoms with van der Waals surface area (Å²) in [6, 6.07) is 5.05. The number of terminal acetylenes is 1. The molecule has 3 N–H and O–H groups in total. The zero-order valence-electron chi connectivity index (χ0n) is 12.7. The number of hydrogen-bond donors (Lipinski definition) is 2. The van der Waals surface area contributed by atoms with Crippen LogP contribution in [0.1, 0.15) is 18.4 Å². The number of hydrogen-bond acceptors (Lipinski definition) is 7. The second kappa shape index (κ2) is 7.61. The first kappa shape index (κ1) is 16.8. The molecule has 0 bridgehead atoms. The fraction of sp³-hybridized carbons (Fsp3) is 0.438. The highest BCUT2D eigenvalue weighted by Crippen LogP contribution is 2.33. The third kappa shape index (κ3) is 4.97. The Morgan fingerprint density at radius 1 is 1.39 bits per heavy atom. The van der Waals surface area contributed by atoms with Gasteiger partial charge in [-0.15, -0.1) is 12.3 Å². The SMILES string of the molecule is C#CCCC(=O)OCC1(COc2cc(CCN)ccc2O)N=N1. The largest absolute Gasteiger partial charge is 0.504 e. The highest BCUT2D eigenvalue weighted by Gasteiger charge is 2.43. The summed E-state index contributed by atoms with van der Waals surface area (Å²) in [7, 11) is 0. The third-order valence-electron chi connectivity index (χ3n) is 3.24. The molecule has 0 unspecified atom stereocenters. The van der Waals surface area contributed by atoms with Gasteiger partial charge in [0.2, 0.25) is 0 Å². The molecule has 1 heterocycles. The van der Waals surface area contributed by atoms with Crippen molar-refractivity contribution in [3.05, 3.63) is 23.8 Å². The lowest BCUT2D eigenvalue weighted by molar-refractivity contribution is -0.144. The molecule has 0 saturated carbocycles. The van der Waals surface area contributed by atoms with E-state index in [9.17, 15) is 9.90 Å². The lowest BCUT2D eigenvalue weighted by Crippen LogP contribution is -2.29. The summed E-state index contributed by atoms with van der Waals surface area (Å²) in [5.41, 5.74) is 5.58. The number of nitrogens with two attached hydrogens (primary N) is 1. The number of esters is 1. The quantitative estimate of drug-likeness (QED) is 0.529. The predicted octanol–water partition coefficient (Wildman–Crippen LogP) is 1.39. The minimum atomic E-state index is -0.887. The molecule has 0 spiro atoms. The molecule has 0 aromatic heterocycles. The van der Waals surface area contributed by atoms with Crippen LogP contribution in [0.4, 0.5) is 0 Å². The van der Waals surface area contributed by atoms with Crippen LogP contribution in [0.15, 0.2) is 28.4 Å². The number of rotatable bonds is 9. The van der Waals surface area contributed by atoms with E-state index in [1.807, 2.05) is 0 Å². The fourth-order valence-corrected chi connectivity index (χ4v) is 1.86. The van der Waals surface area contributed by atoms with Crippen LogP contribution in [-0.2, 0) is 16.0 Å². The maximum absolute atomic E-state index is 11.4. The van der Waals surface area contributed by atoms with Gasteiger partial charge in [-0.25, -0.2) is 0 Å². The average molecular weight is 317 g/mol. The van der Waals surface area contributed by atoms with Crippen LogP contribution in [0.25, 0.3) is 0 Å². The van der Waals surface area contributed by atoms with Crippen molar-refractivity contribution in [2.45, 2.75) is 24.9 Å². The number of phenolic OH excluding ortho intramolecular Hbond substituents is 1. The van der Waals surface area contributed by atoms with Gasteiger partial charge < -0.3 is 20.3 Å². The van der Waals surface area contributed by atoms with Gasteiger partial charge in [-0.05, 0) is 30.7 Å². The van der Waals surface area contributed by atoms with E-state index in [2.05, 4.69) is 16.1 Å². The first-order chi connectivity index (χ1) is 11.1. The molecular formula is C16H19N3O4. The molecule has 1 aromatic carbocycles. The van der Waals surface area contributed by atoms with E-state index in [-0.39, 0.29) is 25.4 Å². The second-order valence-electron chi connectivity index (χ2n) is 5.18. The maximum atomic E-state index is 11.4. The van der Waals surface area contributed by atoms with Gasteiger partial charge in [-0.2, -0.15) is 10.2 Å². The first-order valence-electron chi connectivity index (χ1n) is 7.26. The van der Waals surface area contributed by atoms with Gasteiger partial charge in [0.1, 0.15) is 13.2 Å². The average Bonchev–Trinajstić information content (AvgIpc) is 3.32. The van der Waals surface area contributed by atoms with Crippen molar-refractivity contribution in [3.63, 3.8) is 0 Å². The highest BCUT2D eigenvalue weighted by molar-refractivity contribution is 5.69. The van der Waals surface area contributed by atoms with Crippen molar-refractivity contribution >= 4 is 5.97 Å². The van der Waals surface area contributed by atoms with E-state index in [0.29, 0.717) is 25.1 Å². The van der Waals surface area contributed by atoms with Crippen molar-refractivity contribution < 1.29 is 19.4 Å². The summed E-state index contributed by atoms with van der Waals surface area (Å²) in [4.78, 5) is 11.4. The maximum Gasteiger partial charge on any atom is 0.306 e. The molecule has 0 aliphatic carbocycles. The zero-order chi connectivity index (χ0) is 16.7. The van der Waals surface area contributed by atoms with E-state index in [1.165, 1.54) is 0 Å². The van der Waals surface area contributed by atoms with Crippen LogP contribution in [0.3, 0.4) is 0 Å². The molecule has 2 rings (SSSR count). The zero-order valence-corrected chi connectivity index (χ0v) is 12.7. The number of ether oxygens (including phenoxy) is 2. The van der Waals surface area contributed by atoms with Gasteiger partial charge in [0.05, 0.1) is 6.42 Å². The summed E-state index contributed by atoms with van der Waals surface area (Å²) in [6.07, 6.45) is 6.26. The van der Waals surface area contributed by atoms with Crippen molar-refractivity contribution in [1.82, 2.24) is 0 Å². The van der Waals surface area contributed by atoms with Crippen LogP contribution in [0.5, 0.6) is 11.5 Å². The summed E-state index contributed by atoms with van der Waals surface area (Å²) in [5, 5.41) is 17.6. The van der Waals surface area contributed by atoms with E-state index in [0.717, 1.165) is 5.56 Å². The molecule has 0 atom stereocenters. The molecule has 0 fully saturated rings. The van der Waals surface area contributed by atoms with E-state index < -0.39 is 11.6 Å². The Hall–Kier alpha value is -2.59. The third-order valence-corrected chi connectivity index (χ3v) is 3.24.